The van der Waals surface area contributed by atoms with Crippen LogP contribution in [0.1, 0.15) is 19.3 Å². The minimum Gasteiger partial charge on any atom is -0.314 e. The first-order valence-corrected chi connectivity index (χ1v) is 5.34. The van der Waals surface area contributed by atoms with Gasteiger partial charge in [0.15, 0.2) is 0 Å². The topological polar surface area (TPSA) is 27.7 Å². The lowest BCUT2D eigenvalue weighted by Gasteiger charge is -2.33. The van der Waals surface area contributed by atoms with Crippen LogP contribution < -0.4 is 5.32 Å². The van der Waals surface area contributed by atoms with E-state index in [1.807, 2.05) is 0 Å². The normalized spacial score (nSPS) is 27.7. The highest BCUT2D eigenvalue weighted by molar-refractivity contribution is 4.61. The summed E-state index contributed by atoms with van der Waals surface area (Å²) in [5.41, 5.74) is 0. The summed E-state index contributed by atoms with van der Waals surface area (Å²) in [5.74, 6) is 0. The van der Waals surface area contributed by atoms with Crippen molar-refractivity contribution < 1.29 is 4.94 Å². The monoisotopic (exact) mass is 185 g/mol. The Balaban J connectivity index is 1.69. The summed E-state index contributed by atoms with van der Waals surface area (Å²) in [6.07, 6.45) is 3.93. The summed E-state index contributed by atoms with van der Waals surface area (Å²) < 4.78 is 0. The number of nitrogens with zero attached hydrogens (tertiary/aromatic N) is 2. The van der Waals surface area contributed by atoms with E-state index in [4.69, 9.17) is 4.94 Å². The first-order chi connectivity index (χ1) is 6.45. The van der Waals surface area contributed by atoms with E-state index in [1.54, 1.807) is 0 Å². The van der Waals surface area contributed by atoms with Crippen molar-refractivity contribution in [3.05, 3.63) is 0 Å². The van der Waals surface area contributed by atoms with Crippen molar-refractivity contribution in [2.24, 2.45) is 0 Å². The van der Waals surface area contributed by atoms with Gasteiger partial charge in [-0.2, -0.15) is 10.1 Å². The van der Waals surface area contributed by atoms with Crippen LogP contribution in [0, 0.1) is 0 Å². The molecule has 4 heteroatoms. The zero-order valence-electron chi connectivity index (χ0n) is 8.17. The predicted molar refractivity (Wildman–Crippen MR) is 51.0 cm³/mol. The molecule has 2 saturated heterocycles. The molecular weight excluding hydrogens is 166 g/mol. The van der Waals surface area contributed by atoms with Crippen LogP contribution >= 0.6 is 0 Å². The molecule has 0 atom stereocenters. The van der Waals surface area contributed by atoms with Crippen molar-refractivity contribution in [1.29, 1.82) is 0 Å². The molecule has 2 aliphatic rings. The second kappa shape index (κ2) is 4.91. The summed E-state index contributed by atoms with van der Waals surface area (Å²) in [7, 11) is 0. The van der Waals surface area contributed by atoms with Gasteiger partial charge in [-0.05, 0) is 12.8 Å². The Morgan fingerprint density at radius 2 is 1.38 bits per heavy atom. The Labute approximate surface area is 79.7 Å². The summed E-state index contributed by atoms with van der Waals surface area (Å²) in [6.45, 7) is 6.32. The highest BCUT2D eigenvalue weighted by atomic mass is 16.8. The third-order valence-corrected chi connectivity index (χ3v) is 2.62. The van der Waals surface area contributed by atoms with Crippen LogP contribution in [0.15, 0.2) is 0 Å². The standard InChI is InChI=1S/C9H19N3O/c1-2-6-11(7-3-1)13-12-8-4-10-5-9-12/h10H,1-9H2. The maximum Gasteiger partial charge on any atom is 0.0385 e. The maximum absolute atomic E-state index is 5.76. The minimum atomic E-state index is 1.01. The third-order valence-electron chi connectivity index (χ3n) is 2.62. The van der Waals surface area contributed by atoms with Crippen LogP contribution in [-0.2, 0) is 4.94 Å². The van der Waals surface area contributed by atoms with E-state index in [-0.39, 0.29) is 0 Å². The Bertz CT molecular complexity index is 126. The maximum atomic E-state index is 5.76. The molecule has 0 radical (unpaired) electrons. The highest BCUT2D eigenvalue weighted by Crippen LogP contribution is 2.10. The van der Waals surface area contributed by atoms with E-state index in [2.05, 4.69) is 15.4 Å². The molecule has 0 spiro atoms. The molecule has 13 heavy (non-hydrogen) atoms. The molecule has 0 aromatic carbocycles. The molecule has 2 fully saturated rings. The number of hydroxylamine groups is 4. The molecule has 0 aromatic rings. The lowest BCUT2D eigenvalue weighted by atomic mass is 10.2. The van der Waals surface area contributed by atoms with Crippen molar-refractivity contribution in [2.45, 2.75) is 19.3 Å². The molecule has 0 bridgehead atoms. The zero-order valence-corrected chi connectivity index (χ0v) is 8.17. The fourth-order valence-corrected chi connectivity index (χ4v) is 1.84. The number of hydrogen-bond donors (Lipinski definition) is 1. The van der Waals surface area contributed by atoms with Gasteiger partial charge in [0.1, 0.15) is 0 Å². The van der Waals surface area contributed by atoms with E-state index in [9.17, 15) is 0 Å². The zero-order chi connectivity index (χ0) is 8.93. The molecule has 0 saturated carbocycles. The molecule has 0 aromatic heterocycles. The minimum absolute atomic E-state index is 1.01. The van der Waals surface area contributed by atoms with E-state index < -0.39 is 0 Å². The molecule has 2 rings (SSSR count). The van der Waals surface area contributed by atoms with Crippen molar-refractivity contribution in [2.75, 3.05) is 39.3 Å². The summed E-state index contributed by atoms with van der Waals surface area (Å²) in [5, 5.41) is 7.49. The van der Waals surface area contributed by atoms with E-state index in [1.165, 1.54) is 19.3 Å². The van der Waals surface area contributed by atoms with Crippen molar-refractivity contribution in [3.63, 3.8) is 0 Å². The molecule has 0 aliphatic carbocycles. The molecule has 1 N–H and O–H groups in total. The van der Waals surface area contributed by atoms with Gasteiger partial charge in [0.2, 0.25) is 0 Å². The van der Waals surface area contributed by atoms with Crippen LogP contribution in [0.3, 0.4) is 0 Å². The third kappa shape index (κ3) is 2.91. The fourth-order valence-electron chi connectivity index (χ4n) is 1.84. The van der Waals surface area contributed by atoms with E-state index in [0.717, 1.165) is 39.3 Å². The molecule has 4 nitrogen and oxygen atoms in total. The van der Waals surface area contributed by atoms with Gasteiger partial charge in [-0.25, -0.2) is 4.94 Å². The number of rotatable bonds is 2. The summed E-state index contributed by atoms with van der Waals surface area (Å²) in [6, 6.07) is 0. The fraction of sp³-hybridized carbons (Fsp3) is 1.00. The Kier molecular flexibility index (Phi) is 3.55. The van der Waals surface area contributed by atoms with Crippen LogP contribution in [0.4, 0.5) is 0 Å². The Morgan fingerprint density at radius 3 is 2.08 bits per heavy atom. The second-order valence-corrected chi connectivity index (χ2v) is 3.75. The van der Waals surface area contributed by atoms with Gasteiger partial charge in [0, 0.05) is 39.3 Å². The first-order valence-electron chi connectivity index (χ1n) is 5.34. The first kappa shape index (κ1) is 9.40. The van der Waals surface area contributed by atoms with Gasteiger partial charge < -0.3 is 5.32 Å². The molecule has 2 aliphatic heterocycles. The van der Waals surface area contributed by atoms with Crippen LogP contribution in [0.25, 0.3) is 0 Å². The highest BCUT2D eigenvalue weighted by Gasteiger charge is 2.16. The van der Waals surface area contributed by atoms with Crippen LogP contribution in [0.5, 0.6) is 0 Å². The van der Waals surface area contributed by atoms with Gasteiger partial charge in [0.05, 0.1) is 0 Å². The number of hydrogen-bond acceptors (Lipinski definition) is 4. The molecule has 2 heterocycles. The lowest BCUT2D eigenvalue weighted by molar-refractivity contribution is -0.331. The molecular formula is C9H19N3O. The van der Waals surface area contributed by atoms with Gasteiger partial charge in [-0.3, -0.25) is 0 Å². The van der Waals surface area contributed by atoms with E-state index >= 15 is 0 Å². The number of nitrogens with one attached hydrogen (secondary N) is 1. The SMILES string of the molecule is C1CCN(ON2CCNCC2)CC1. The van der Waals surface area contributed by atoms with Gasteiger partial charge >= 0.3 is 0 Å². The summed E-state index contributed by atoms with van der Waals surface area (Å²) in [4.78, 5) is 5.76. The molecule has 0 amide bonds. The molecule has 76 valence electrons. The van der Waals surface area contributed by atoms with Crippen molar-refractivity contribution in [1.82, 2.24) is 15.4 Å². The van der Waals surface area contributed by atoms with Crippen LogP contribution in [0.2, 0.25) is 0 Å². The second-order valence-electron chi connectivity index (χ2n) is 3.75. The predicted octanol–water partition coefficient (Wildman–Crippen LogP) is 0.224. The average molecular weight is 185 g/mol. The number of piperazine rings is 1. The van der Waals surface area contributed by atoms with Gasteiger partial charge in [-0.15, -0.1) is 0 Å². The van der Waals surface area contributed by atoms with Crippen molar-refractivity contribution >= 4 is 0 Å². The molecule has 0 unspecified atom stereocenters. The van der Waals surface area contributed by atoms with E-state index in [0.29, 0.717) is 0 Å². The number of piperidine rings is 1. The smallest absolute Gasteiger partial charge is 0.0385 e. The van der Waals surface area contributed by atoms with Crippen LogP contribution in [-0.4, -0.2) is 49.4 Å². The van der Waals surface area contributed by atoms with Crippen molar-refractivity contribution in [3.8, 4) is 0 Å². The van der Waals surface area contributed by atoms with Gasteiger partial charge in [0.25, 0.3) is 0 Å². The largest absolute Gasteiger partial charge is 0.314 e. The quantitative estimate of drug-likeness (QED) is 0.666. The van der Waals surface area contributed by atoms with Gasteiger partial charge in [-0.1, -0.05) is 6.42 Å². The Morgan fingerprint density at radius 1 is 0.769 bits per heavy atom. The summed E-state index contributed by atoms with van der Waals surface area (Å²) >= 11 is 0. The average Bonchev–Trinajstić information content (AvgIpc) is 2.21. The Hall–Kier alpha value is -0.160. The lowest BCUT2D eigenvalue weighted by Crippen LogP contribution is -2.47.